The maximum absolute atomic E-state index is 11.3. The molecule has 1 unspecified atom stereocenters. The van der Waals surface area contributed by atoms with E-state index in [4.69, 9.17) is 5.26 Å². The van der Waals surface area contributed by atoms with Crippen LogP contribution in [0.2, 0.25) is 0 Å². The zero-order chi connectivity index (χ0) is 23.9. The van der Waals surface area contributed by atoms with Crippen LogP contribution in [-0.2, 0) is 10.2 Å². The second-order valence-electron chi connectivity index (χ2n) is 9.30. The number of thioether (sulfide) groups is 1. The molecule has 2 aliphatic carbocycles. The van der Waals surface area contributed by atoms with Crippen molar-refractivity contribution in [3.63, 3.8) is 0 Å². The van der Waals surface area contributed by atoms with Gasteiger partial charge in [-0.1, -0.05) is 50.3 Å². The summed E-state index contributed by atoms with van der Waals surface area (Å²) in [6.07, 6.45) is 11.2. The summed E-state index contributed by atoms with van der Waals surface area (Å²) < 4.78 is 0. The van der Waals surface area contributed by atoms with Gasteiger partial charge in [0, 0.05) is 32.6 Å². The van der Waals surface area contributed by atoms with Crippen molar-refractivity contribution in [1.82, 2.24) is 0 Å². The lowest BCUT2D eigenvalue weighted by atomic mass is 9.79. The van der Waals surface area contributed by atoms with E-state index >= 15 is 0 Å². The lowest BCUT2D eigenvalue weighted by molar-refractivity contribution is -0.132. The van der Waals surface area contributed by atoms with Crippen LogP contribution in [0.1, 0.15) is 44.2 Å². The van der Waals surface area contributed by atoms with Crippen molar-refractivity contribution < 1.29 is 9.90 Å². The highest BCUT2D eigenvalue weighted by molar-refractivity contribution is 8.09. The van der Waals surface area contributed by atoms with Gasteiger partial charge in [0.25, 0.3) is 0 Å². The quantitative estimate of drug-likeness (QED) is 0.376. The molecule has 3 aliphatic rings. The number of nitrogens with zero attached hydrogens (tertiary/aromatic N) is 2. The van der Waals surface area contributed by atoms with Crippen molar-refractivity contribution in [2.75, 3.05) is 4.90 Å². The molecule has 0 saturated carbocycles. The van der Waals surface area contributed by atoms with E-state index in [1.54, 1.807) is 17.8 Å². The molecule has 0 fully saturated rings. The smallest absolute Gasteiger partial charge is 0.346 e. The predicted octanol–water partition coefficient (Wildman–Crippen LogP) is 7.10. The number of anilines is 2. The summed E-state index contributed by atoms with van der Waals surface area (Å²) in [7, 11) is 0. The molecule has 0 saturated heterocycles. The van der Waals surface area contributed by atoms with Crippen LogP contribution in [0.5, 0.6) is 0 Å². The van der Waals surface area contributed by atoms with Crippen molar-refractivity contribution in [1.29, 1.82) is 5.26 Å². The monoisotopic (exact) mass is 466 g/mol. The highest BCUT2D eigenvalue weighted by Crippen LogP contribution is 2.59. The van der Waals surface area contributed by atoms with Crippen LogP contribution in [0, 0.1) is 11.3 Å². The Bertz CT molecular complexity index is 1330. The number of carboxylic acids is 1. The summed E-state index contributed by atoms with van der Waals surface area (Å²) in [6, 6.07) is 19.0. The Labute approximate surface area is 204 Å². The molecule has 5 rings (SSSR count). The van der Waals surface area contributed by atoms with Gasteiger partial charge in [0.1, 0.15) is 11.6 Å². The minimum Gasteiger partial charge on any atom is -0.477 e. The first-order valence-corrected chi connectivity index (χ1v) is 12.4. The Morgan fingerprint density at radius 1 is 1.18 bits per heavy atom. The van der Waals surface area contributed by atoms with Crippen LogP contribution in [0.3, 0.4) is 0 Å². The molecule has 1 N–H and O–H groups in total. The molecule has 1 heterocycles. The number of fused-ring (bicyclic) bond motifs is 2. The van der Waals surface area contributed by atoms with Crippen LogP contribution in [0.25, 0.3) is 4.91 Å². The molecule has 0 spiro atoms. The van der Waals surface area contributed by atoms with E-state index in [0.717, 1.165) is 30.6 Å². The number of rotatable bonds is 5. The minimum atomic E-state index is -1.16. The molecule has 1 aliphatic heterocycles. The SMILES string of the molecule is CC1(C)C2=C(SC(/C=C(\C#N)C(=O)O)C2)c2ccc(N(C3=CCCC=C3)c3ccccc3)cc21. The summed E-state index contributed by atoms with van der Waals surface area (Å²) in [6.45, 7) is 4.50. The number of hydrogen-bond acceptors (Lipinski definition) is 4. The van der Waals surface area contributed by atoms with Crippen LogP contribution in [0.4, 0.5) is 11.4 Å². The number of para-hydroxylation sites is 1. The lowest BCUT2D eigenvalue weighted by Crippen LogP contribution is -2.21. The Morgan fingerprint density at radius 2 is 1.97 bits per heavy atom. The molecule has 0 amide bonds. The number of nitriles is 1. The van der Waals surface area contributed by atoms with Crippen molar-refractivity contribution >= 4 is 34.0 Å². The number of hydrogen-bond donors (Lipinski definition) is 1. The topological polar surface area (TPSA) is 64.3 Å². The molecule has 0 radical (unpaired) electrons. The van der Waals surface area contributed by atoms with Gasteiger partial charge >= 0.3 is 5.97 Å². The van der Waals surface area contributed by atoms with Gasteiger partial charge in [-0.3, -0.25) is 0 Å². The lowest BCUT2D eigenvalue weighted by Gasteiger charge is -2.30. The second kappa shape index (κ2) is 8.70. The summed E-state index contributed by atoms with van der Waals surface area (Å²) in [5.41, 5.74) is 6.96. The van der Waals surface area contributed by atoms with Gasteiger partial charge in [-0.05, 0) is 72.4 Å². The third kappa shape index (κ3) is 3.78. The number of benzene rings is 2. The van der Waals surface area contributed by atoms with Crippen LogP contribution < -0.4 is 4.90 Å². The Morgan fingerprint density at radius 3 is 2.65 bits per heavy atom. The van der Waals surface area contributed by atoms with Crippen molar-refractivity contribution in [2.24, 2.45) is 0 Å². The van der Waals surface area contributed by atoms with E-state index in [0.29, 0.717) is 0 Å². The Balaban J connectivity index is 1.53. The molecule has 34 heavy (non-hydrogen) atoms. The first-order chi connectivity index (χ1) is 16.4. The predicted molar refractivity (Wildman–Crippen MR) is 139 cm³/mol. The van der Waals surface area contributed by atoms with Gasteiger partial charge in [-0.15, -0.1) is 11.8 Å². The fourth-order valence-corrected chi connectivity index (χ4v) is 6.64. The standard InChI is InChI=1S/C29H26N2O2S/c1-29(2)25-16-22(31(20-9-5-3-6-10-20)21-11-7-4-8-12-21)13-14-24(25)27-26(29)17-23(34-27)15-19(18-30)28(32)33/h3,5-7,9-16,23H,4,8,17H2,1-2H3,(H,32,33)/b19-15+. The Kier molecular flexibility index (Phi) is 5.71. The molecular weight excluding hydrogens is 440 g/mol. The summed E-state index contributed by atoms with van der Waals surface area (Å²) in [4.78, 5) is 14.9. The van der Waals surface area contributed by atoms with Gasteiger partial charge in [0.2, 0.25) is 0 Å². The zero-order valence-corrected chi connectivity index (χ0v) is 20.1. The van der Waals surface area contributed by atoms with Gasteiger partial charge in [0.05, 0.1) is 0 Å². The van der Waals surface area contributed by atoms with Crippen molar-refractivity contribution in [3.8, 4) is 6.07 Å². The van der Waals surface area contributed by atoms with Crippen LogP contribution in [-0.4, -0.2) is 16.3 Å². The third-order valence-electron chi connectivity index (χ3n) is 6.83. The average Bonchev–Trinajstić information content (AvgIpc) is 3.36. The third-order valence-corrected chi connectivity index (χ3v) is 8.14. The van der Waals surface area contributed by atoms with Crippen LogP contribution >= 0.6 is 11.8 Å². The second-order valence-corrected chi connectivity index (χ2v) is 10.5. The largest absolute Gasteiger partial charge is 0.477 e. The first-order valence-electron chi connectivity index (χ1n) is 11.5. The molecular formula is C29H26N2O2S. The normalized spacial score (nSPS) is 20.4. The van der Waals surface area contributed by atoms with E-state index < -0.39 is 5.97 Å². The first kappa shape index (κ1) is 22.3. The highest BCUT2D eigenvalue weighted by atomic mass is 32.2. The summed E-state index contributed by atoms with van der Waals surface area (Å²) >= 11 is 1.68. The van der Waals surface area contributed by atoms with E-state index in [-0.39, 0.29) is 16.2 Å². The average molecular weight is 467 g/mol. The van der Waals surface area contributed by atoms with Gasteiger partial charge in [-0.2, -0.15) is 5.26 Å². The van der Waals surface area contributed by atoms with Crippen molar-refractivity contribution in [3.05, 3.63) is 101 Å². The molecule has 1 atom stereocenters. The molecule has 2 aromatic carbocycles. The maximum atomic E-state index is 11.3. The molecule has 0 aromatic heterocycles. The van der Waals surface area contributed by atoms with Crippen LogP contribution in [0.15, 0.2) is 89.7 Å². The summed E-state index contributed by atoms with van der Waals surface area (Å²) in [5.74, 6) is -1.16. The van der Waals surface area contributed by atoms with Crippen molar-refractivity contribution in [2.45, 2.75) is 43.8 Å². The number of carbonyl (C=O) groups is 1. The fraction of sp³-hybridized carbons (Fsp3) is 0.241. The molecule has 2 aromatic rings. The number of aliphatic carboxylic acids is 1. The van der Waals surface area contributed by atoms with E-state index in [2.05, 4.69) is 79.4 Å². The van der Waals surface area contributed by atoms with E-state index in [9.17, 15) is 9.90 Å². The van der Waals surface area contributed by atoms with E-state index in [1.165, 1.54) is 27.3 Å². The molecule has 4 nitrogen and oxygen atoms in total. The van der Waals surface area contributed by atoms with Gasteiger partial charge < -0.3 is 10.0 Å². The molecule has 0 bridgehead atoms. The highest BCUT2D eigenvalue weighted by Gasteiger charge is 2.43. The maximum Gasteiger partial charge on any atom is 0.346 e. The summed E-state index contributed by atoms with van der Waals surface area (Å²) in [5, 5.41) is 18.4. The number of carboxylic acid groups (broad SMARTS) is 1. The minimum absolute atomic E-state index is 0.0267. The number of allylic oxidation sites excluding steroid dienone is 4. The molecule has 5 heteroatoms. The fourth-order valence-electron chi connectivity index (χ4n) is 5.10. The van der Waals surface area contributed by atoms with Gasteiger partial charge in [0.15, 0.2) is 0 Å². The molecule has 170 valence electrons. The Hall–Kier alpha value is -3.49. The van der Waals surface area contributed by atoms with Gasteiger partial charge in [-0.25, -0.2) is 4.79 Å². The zero-order valence-electron chi connectivity index (χ0n) is 19.3. The van der Waals surface area contributed by atoms with E-state index in [1.807, 2.05) is 12.1 Å².